The van der Waals surface area contributed by atoms with Crippen molar-refractivity contribution in [1.82, 2.24) is 15.7 Å². The summed E-state index contributed by atoms with van der Waals surface area (Å²) in [5.74, 6) is 0.645. The van der Waals surface area contributed by atoms with Gasteiger partial charge in [-0.2, -0.15) is 5.10 Å². The Balaban J connectivity index is 1.75. The van der Waals surface area contributed by atoms with Gasteiger partial charge < -0.3 is 4.42 Å². The summed E-state index contributed by atoms with van der Waals surface area (Å²) < 4.78 is 5.95. The van der Waals surface area contributed by atoms with Gasteiger partial charge in [0.2, 0.25) is 5.89 Å². The SMILES string of the molecule is CCC1NCNN=C1c1ccc2nc(-c3ccccc3)oc2c1. The van der Waals surface area contributed by atoms with Gasteiger partial charge in [-0.25, -0.2) is 4.98 Å². The van der Waals surface area contributed by atoms with Gasteiger partial charge in [-0.1, -0.05) is 31.2 Å². The summed E-state index contributed by atoms with van der Waals surface area (Å²) in [6.07, 6.45) is 0.990. The van der Waals surface area contributed by atoms with Crippen LogP contribution < -0.4 is 10.7 Å². The number of rotatable bonds is 3. The lowest BCUT2D eigenvalue weighted by Gasteiger charge is -2.24. The molecule has 3 aromatic rings. The molecule has 1 aliphatic heterocycles. The van der Waals surface area contributed by atoms with Crippen LogP contribution in [0.3, 0.4) is 0 Å². The molecule has 4 rings (SSSR count). The molecule has 2 N–H and O–H groups in total. The van der Waals surface area contributed by atoms with E-state index in [0.29, 0.717) is 12.6 Å². The van der Waals surface area contributed by atoms with Crippen molar-refractivity contribution in [2.45, 2.75) is 19.4 Å². The van der Waals surface area contributed by atoms with E-state index in [4.69, 9.17) is 4.42 Å². The van der Waals surface area contributed by atoms with Crippen LogP contribution in [0, 0.1) is 0 Å². The number of benzene rings is 2. The first kappa shape index (κ1) is 14.0. The molecule has 1 atom stereocenters. The minimum Gasteiger partial charge on any atom is -0.436 e. The van der Waals surface area contributed by atoms with Crippen LogP contribution in [-0.4, -0.2) is 23.4 Å². The van der Waals surface area contributed by atoms with Gasteiger partial charge in [-0.05, 0) is 30.7 Å². The van der Waals surface area contributed by atoms with Crippen LogP contribution in [0.1, 0.15) is 18.9 Å². The normalized spacial score (nSPS) is 17.8. The van der Waals surface area contributed by atoms with Crippen molar-refractivity contribution in [3.63, 3.8) is 0 Å². The van der Waals surface area contributed by atoms with Crippen molar-refractivity contribution in [3.05, 3.63) is 54.1 Å². The molecule has 1 aliphatic rings. The number of hydrogen-bond acceptors (Lipinski definition) is 5. The Hall–Kier alpha value is -2.66. The fraction of sp³-hybridized carbons (Fsp3) is 0.222. The van der Waals surface area contributed by atoms with Crippen molar-refractivity contribution in [2.75, 3.05) is 6.67 Å². The van der Waals surface area contributed by atoms with Crippen LogP contribution in [0.15, 0.2) is 58.0 Å². The van der Waals surface area contributed by atoms with Crippen LogP contribution in [0.2, 0.25) is 0 Å². The lowest BCUT2D eigenvalue weighted by atomic mass is 10.0. The van der Waals surface area contributed by atoms with Gasteiger partial charge in [0.05, 0.1) is 18.4 Å². The first-order valence-electron chi connectivity index (χ1n) is 7.85. The third-order valence-corrected chi connectivity index (χ3v) is 4.07. The second kappa shape index (κ2) is 5.85. The number of aromatic nitrogens is 1. The average molecular weight is 306 g/mol. The quantitative estimate of drug-likeness (QED) is 0.780. The van der Waals surface area contributed by atoms with Crippen LogP contribution in [0.4, 0.5) is 0 Å². The summed E-state index contributed by atoms with van der Waals surface area (Å²) in [6.45, 7) is 2.85. The number of oxazole rings is 1. The minimum atomic E-state index is 0.255. The number of nitrogens with one attached hydrogen (secondary N) is 2. The van der Waals surface area contributed by atoms with E-state index < -0.39 is 0 Å². The summed E-state index contributed by atoms with van der Waals surface area (Å²) in [6, 6.07) is 16.3. The maximum Gasteiger partial charge on any atom is 0.227 e. The van der Waals surface area contributed by atoms with Crippen molar-refractivity contribution in [1.29, 1.82) is 0 Å². The lowest BCUT2D eigenvalue weighted by molar-refractivity contribution is 0.518. The Kier molecular flexibility index (Phi) is 3.55. The van der Waals surface area contributed by atoms with Crippen molar-refractivity contribution >= 4 is 16.8 Å². The largest absolute Gasteiger partial charge is 0.436 e. The van der Waals surface area contributed by atoms with E-state index in [1.807, 2.05) is 42.5 Å². The minimum absolute atomic E-state index is 0.255. The first-order valence-corrected chi connectivity index (χ1v) is 7.85. The first-order chi connectivity index (χ1) is 11.3. The third-order valence-electron chi connectivity index (χ3n) is 4.07. The highest BCUT2D eigenvalue weighted by molar-refractivity contribution is 6.06. The topological polar surface area (TPSA) is 62.5 Å². The molecule has 23 heavy (non-hydrogen) atoms. The monoisotopic (exact) mass is 306 g/mol. The van der Waals surface area contributed by atoms with Gasteiger partial charge in [0.1, 0.15) is 5.52 Å². The maximum atomic E-state index is 5.95. The zero-order chi connectivity index (χ0) is 15.6. The smallest absolute Gasteiger partial charge is 0.227 e. The number of hydrogen-bond donors (Lipinski definition) is 2. The van der Waals surface area contributed by atoms with Crippen LogP contribution in [0.25, 0.3) is 22.6 Å². The lowest BCUT2D eigenvalue weighted by Crippen LogP contribution is -2.46. The fourth-order valence-electron chi connectivity index (χ4n) is 2.86. The number of fused-ring (bicyclic) bond motifs is 1. The van der Waals surface area contributed by atoms with Crippen LogP contribution >= 0.6 is 0 Å². The molecule has 0 radical (unpaired) electrons. The zero-order valence-electron chi connectivity index (χ0n) is 12.9. The van der Waals surface area contributed by atoms with Crippen LogP contribution in [-0.2, 0) is 0 Å². The second-order valence-corrected chi connectivity index (χ2v) is 5.56. The van der Waals surface area contributed by atoms with Gasteiger partial charge in [0.25, 0.3) is 0 Å². The molecule has 116 valence electrons. The highest BCUT2D eigenvalue weighted by atomic mass is 16.3. The van der Waals surface area contributed by atoms with E-state index in [1.165, 1.54) is 0 Å². The summed E-state index contributed by atoms with van der Waals surface area (Å²) in [4.78, 5) is 4.57. The molecule has 0 amide bonds. The molecular weight excluding hydrogens is 288 g/mol. The summed E-state index contributed by atoms with van der Waals surface area (Å²) >= 11 is 0. The van der Waals surface area contributed by atoms with E-state index in [2.05, 4.69) is 33.8 Å². The molecule has 0 spiro atoms. The molecule has 1 unspecified atom stereocenters. The molecule has 0 saturated heterocycles. The van der Waals surface area contributed by atoms with Crippen LogP contribution in [0.5, 0.6) is 0 Å². The van der Waals surface area contributed by atoms with E-state index >= 15 is 0 Å². The van der Waals surface area contributed by atoms with Crippen molar-refractivity contribution < 1.29 is 4.42 Å². The second-order valence-electron chi connectivity index (χ2n) is 5.56. The average Bonchev–Trinajstić information content (AvgIpc) is 3.05. The molecule has 0 saturated carbocycles. The summed E-state index contributed by atoms with van der Waals surface area (Å²) in [5, 5.41) is 7.87. The molecule has 2 heterocycles. The molecule has 1 aromatic heterocycles. The summed E-state index contributed by atoms with van der Waals surface area (Å²) in [5.41, 5.74) is 7.70. The molecule has 2 aromatic carbocycles. The van der Waals surface area contributed by atoms with Gasteiger partial charge in [-0.15, -0.1) is 0 Å². The Morgan fingerprint density at radius 3 is 2.83 bits per heavy atom. The molecule has 0 bridgehead atoms. The molecule has 5 heteroatoms. The standard InChI is InChI=1S/C18H18N4O/c1-2-14-17(22-20-11-19-14)13-8-9-15-16(10-13)23-18(21-15)12-6-4-3-5-7-12/h3-10,14,19-20H,2,11H2,1H3. The maximum absolute atomic E-state index is 5.95. The van der Waals surface area contributed by atoms with E-state index in [9.17, 15) is 0 Å². The van der Waals surface area contributed by atoms with Gasteiger partial charge in [0.15, 0.2) is 5.58 Å². The molecule has 0 fully saturated rings. The zero-order valence-corrected chi connectivity index (χ0v) is 12.9. The third kappa shape index (κ3) is 2.59. The van der Waals surface area contributed by atoms with Crippen molar-refractivity contribution in [3.8, 4) is 11.5 Å². The van der Waals surface area contributed by atoms with Gasteiger partial charge >= 0.3 is 0 Å². The predicted octanol–water partition coefficient (Wildman–Crippen LogP) is 3.13. The molecule has 0 aliphatic carbocycles. The Bertz CT molecular complexity index is 854. The Morgan fingerprint density at radius 2 is 2.00 bits per heavy atom. The molecule has 5 nitrogen and oxygen atoms in total. The number of hydrazone groups is 1. The highest BCUT2D eigenvalue weighted by Crippen LogP contribution is 2.25. The fourth-order valence-corrected chi connectivity index (χ4v) is 2.86. The molecular formula is C18H18N4O. The number of nitrogens with zero attached hydrogens (tertiary/aromatic N) is 2. The Labute approximate surface area is 134 Å². The van der Waals surface area contributed by atoms with E-state index in [0.717, 1.165) is 34.4 Å². The van der Waals surface area contributed by atoms with Gasteiger partial charge in [-0.3, -0.25) is 10.7 Å². The summed E-state index contributed by atoms with van der Waals surface area (Å²) in [7, 11) is 0. The predicted molar refractivity (Wildman–Crippen MR) is 91.2 cm³/mol. The van der Waals surface area contributed by atoms with E-state index in [1.54, 1.807) is 0 Å². The van der Waals surface area contributed by atoms with Crippen molar-refractivity contribution in [2.24, 2.45) is 5.10 Å². The van der Waals surface area contributed by atoms with Gasteiger partial charge in [0, 0.05) is 11.1 Å². The van der Waals surface area contributed by atoms with E-state index in [-0.39, 0.29) is 6.04 Å². The highest BCUT2D eigenvalue weighted by Gasteiger charge is 2.20. The Morgan fingerprint density at radius 1 is 1.13 bits per heavy atom.